The summed E-state index contributed by atoms with van der Waals surface area (Å²) in [5.41, 5.74) is 1.48. The summed E-state index contributed by atoms with van der Waals surface area (Å²) in [5, 5.41) is 8.07. The van der Waals surface area contributed by atoms with Crippen molar-refractivity contribution in [3.8, 4) is 17.4 Å². The minimum absolute atomic E-state index is 0.000415. The van der Waals surface area contributed by atoms with Crippen molar-refractivity contribution in [2.24, 2.45) is 0 Å². The van der Waals surface area contributed by atoms with E-state index >= 15 is 0 Å². The van der Waals surface area contributed by atoms with Gasteiger partial charge in [-0.1, -0.05) is 18.2 Å². The average Bonchev–Trinajstić information content (AvgIpc) is 2.76. The molecular formula is C23H23N3O3. The van der Waals surface area contributed by atoms with Crippen molar-refractivity contribution in [2.45, 2.75) is 25.9 Å². The summed E-state index contributed by atoms with van der Waals surface area (Å²) in [6.45, 7) is 3.14. The highest BCUT2D eigenvalue weighted by Gasteiger charge is 2.26. The molecule has 1 aliphatic heterocycles. The van der Waals surface area contributed by atoms with Crippen LogP contribution >= 0.6 is 0 Å². The number of hydrogen-bond donors (Lipinski definition) is 0. The lowest BCUT2D eigenvalue weighted by Crippen LogP contribution is -2.44. The molecule has 1 aliphatic rings. The minimum atomic E-state index is -0.0783. The number of rotatable bonds is 5. The summed E-state index contributed by atoms with van der Waals surface area (Å²) >= 11 is 0. The van der Waals surface area contributed by atoms with E-state index in [1.165, 1.54) is 0 Å². The molecule has 6 nitrogen and oxygen atoms in total. The van der Waals surface area contributed by atoms with E-state index < -0.39 is 0 Å². The second-order valence-corrected chi connectivity index (χ2v) is 7.09. The van der Waals surface area contributed by atoms with Gasteiger partial charge in [-0.25, -0.2) is 0 Å². The van der Waals surface area contributed by atoms with Crippen LogP contribution in [0.4, 0.5) is 0 Å². The normalized spacial score (nSPS) is 16.3. The zero-order chi connectivity index (χ0) is 20.1. The lowest BCUT2D eigenvalue weighted by atomic mass is 10.1. The number of benzene rings is 2. The maximum Gasteiger partial charge on any atom is 0.253 e. The number of para-hydroxylation sites is 1. The monoisotopic (exact) mass is 389 g/mol. The van der Waals surface area contributed by atoms with E-state index in [4.69, 9.17) is 9.47 Å². The maximum absolute atomic E-state index is 12.9. The lowest BCUT2D eigenvalue weighted by molar-refractivity contribution is 0.0525. The fraction of sp³-hybridized carbons (Fsp3) is 0.261. The summed E-state index contributed by atoms with van der Waals surface area (Å²) in [4.78, 5) is 14.7. The molecule has 0 spiro atoms. The largest absolute Gasteiger partial charge is 0.471 e. The molecule has 0 N–H and O–H groups in total. The molecule has 2 heterocycles. The third-order valence-electron chi connectivity index (χ3n) is 4.81. The third kappa shape index (κ3) is 4.90. The van der Waals surface area contributed by atoms with E-state index in [1.54, 1.807) is 12.1 Å². The number of piperidine rings is 1. The van der Waals surface area contributed by atoms with Gasteiger partial charge >= 0.3 is 0 Å². The zero-order valence-electron chi connectivity index (χ0n) is 16.3. The van der Waals surface area contributed by atoms with Crippen LogP contribution in [0.1, 0.15) is 28.9 Å². The standard InChI is InChI=1S/C23H23N3O3/c1-17-9-14-22(25-24-17)29-21-8-5-15-26(16-21)23(27)18-10-12-20(13-11-18)28-19-6-3-2-4-7-19/h2-4,6-7,9-14,21H,5,8,15-16H2,1H3. The Morgan fingerprint density at radius 3 is 2.45 bits per heavy atom. The molecule has 4 rings (SSSR count). The number of aryl methyl sites for hydroxylation is 1. The Labute approximate surface area is 170 Å². The molecule has 29 heavy (non-hydrogen) atoms. The van der Waals surface area contributed by atoms with Gasteiger partial charge in [-0.2, -0.15) is 5.10 Å². The van der Waals surface area contributed by atoms with Gasteiger partial charge in [0.2, 0.25) is 5.88 Å². The molecule has 2 aromatic carbocycles. The molecule has 1 unspecified atom stereocenters. The van der Waals surface area contributed by atoms with Gasteiger partial charge in [-0.15, -0.1) is 5.10 Å². The number of amides is 1. The Bertz CT molecular complexity index is 943. The molecule has 1 atom stereocenters. The van der Waals surface area contributed by atoms with E-state index in [2.05, 4.69) is 10.2 Å². The Morgan fingerprint density at radius 1 is 0.966 bits per heavy atom. The van der Waals surface area contributed by atoms with Crippen LogP contribution in [0, 0.1) is 6.92 Å². The third-order valence-corrected chi connectivity index (χ3v) is 4.81. The minimum Gasteiger partial charge on any atom is -0.471 e. The van der Waals surface area contributed by atoms with Crippen LogP contribution < -0.4 is 9.47 Å². The van der Waals surface area contributed by atoms with Crippen LogP contribution in [0.25, 0.3) is 0 Å². The van der Waals surface area contributed by atoms with Crippen molar-refractivity contribution in [1.29, 1.82) is 0 Å². The first kappa shape index (κ1) is 18.9. The SMILES string of the molecule is Cc1ccc(OC2CCCN(C(=O)c3ccc(Oc4ccccc4)cc3)C2)nn1. The van der Waals surface area contributed by atoms with Gasteiger partial charge in [0.1, 0.15) is 17.6 Å². The molecule has 0 aliphatic carbocycles. The number of nitrogens with zero attached hydrogens (tertiary/aromatic N) is 3. The highest BCUT2D eigenvalue weighted by Crippen LogP contribution is 2.23. The fourth-order valence-corrected chi connectivity index (χ4v) is 3.31. The van der Waals surface area contributed by atoms with Crippen molar-refractivity contribution in [3.63, 3.8) is 0 Å². The van der Waals surface area contributed by atoms with Crippen molar-refractivity contribution >= 4 is 5.91 Å². The van der Waals surface area contributed by atoms with Crippen molar-refractivity contribution in [3.05, 3.63) is 78.0 Å². The Hall–Kier alpha value is -3.41. The van der Waals surface area contributed by atoms with Crippen LogP contribution in [-0.4, -0.2) is 40.2 Å². The molecule has 1 fully saturated rings. The summed E-state index contributed by atoms with van der Waals surface area (Å²) in [6.07, 6.45) is 1.71. The van der Waals surface area contributed by atoms with E-state index in [0.29, 0.717) is 23.7 Å². The Kier molecular flexibility index (Phi) is 5.70. The summed E-state index contributed by atoms with van der Waals surface area (Å²) < 4.78 is 11.7. The molecular weight excluding hydrogens is 366 g/mol. The van der Waals surface area contributed by atoms with Crippen LogP contribution in [0.15, 0.2) is 66.7 Å². The average molecular weight is 389 g/mol. The van der Waals surface area contributed by atoms with Gasteiger partial charge in [0.15, 0.2) is 0 Å². The van der Waals surface area contributed by atoms with Crippen molar-refractivity contribution in [2.75, 3.05) is 13.1 Å². The van der Waals surface area contributed by atoms with Gasteiger partial charge in [-0.3, -0.25) is 4.79 Å². The zero-order valence-corrected chi connectivity index (χ0v) is 16.3. The highest BCUT2D eigenvalue weighted by molar-refractivity contribution is 5.94. The Morgan fingerprint density at radius 2 is 1.72 bits per heavy atom. The number of carbonyl (C=O) groups excluding carboxylic acids is 1. The van der Waals surface area contributed by atoms with Gasteiger partial charge in [-0.05, 0) is 62.2 Å². The molecule has 148 valence electrons. The quantitative estimate of drug-likeness (QED) is 0.652. The molecule has 1 aromatic heterocycles. The van der Waals surface area contributed by atoms with E-state index in [-0.39, 0.29) is 12.0 Å². The van der Waals surface area contributed by atoms with Crippen molar-refractivity contribution in [1.82, 2.24) is 15.1 Å². The number of hydrogen-bond acceptors (Lipinski definition) is 5. The second-order valence-electron chi connectivity index (χ2n) is 7.09. The number of ether oxygens (including phenoxy) is 2. The van der Waals surface area contributed by atoms with Gasteiger partial charge in [0.25, 0.3) is 5.91 Å². The fourth-order valence-electron chi connectivity index (χ4n) is 3.31. The van der Waals surface area contributed by atoms with Gasteiger partial charge < -0.3 is 14.4 Å². The molecule has 1 saturated heterocycles. The number of likely N-dealkylation sites (tertiary alicyclic amines) is 1. The van der Waals surface area contributed by atoms with Crippen molar-refractivity contribution < 1.29 is 14.3 Å². The summed E-state index contributed by atoms with van der Waals surface area (Å²) in [5.74, 6) is 1.96. The van der Waals surface area contributed by atoms with Gasteiger partial charge in [0.05, 0.1) is 12.2 Å². The molecule has 0 saturated carbocycles. The molecule has 6 heteroatoms. The first-order chi connectivity index (χ1) is 14.2. The molecule has 0 bridgehead atoms. The number of aromatic nitrogens is 2. The van der Waals surface area contributed by atoms with E-state index in [9.17, 15) is 4.79 Å². The molecule has 3 aromatic rings. The van der Waals surface area contributed by atoms with Crippen LogP contribution in [0.3, 0.4) is 0 Å². The predicted octanol–water partition coefficient (Wildman–Crippen LogP) is 4.26. The maximum atomic E-state index is 12.9. The first-order valence-electron chi connectivity index (χ1n) is 9.76. The van der Waals surface area contributed by atoms with E-state index in [1.807, 2.05) is 66.4 Å². The summed E-state index contributed by atoms with van der Waals surface area (Å²) in [6, 6.07) is 20.5. The Balaban J connectivity index is 1.37. The molecule has 1 amide bonds. The van der Waals surface area contributed by atoms with E-state index in [0.717, 1.165) is 30.8 Å². The lowest BCUT2D eigenvalue weighted by Gasteiger charge is -2.32. The van der Waals surface area contributed by atoms with Gasteiger partial charge in [0, 0.05) is 18.2 Å². The smallest absolute Gasteiger partial charge is 0.253 e. The second kappa shape index (κ2) is 8.73. The topological polar surface area (TPSA) is 64.5 Å². The van der Waals surface area contributed by atoms with Crippen LogP contribution in [0.5, 0.6) is 17.4 Å². The molecule has 0 radical (unpaired) electrons. The van der Waals surface area contributed by atoms with Crippen LogP contribution in [-0.2, 0) is 0 Å². The first-order valence-corrected chi connectivity index (χ1v) is 9.76. The number of carbonyl (C=O) groups is 1. The summed E-state index contributed by atoms with van der Waals surface area (Å²) in [7, 11) is 0. The highest BCUT2D eigenvalue weighted by atomic mass is 16.5. The predicted molar refractivity (Wildman–Crippen MR) is 109 cm³/mol. The van der Waals surface area contributed by atoms with Crippen LogP contribution in [0.2, 0.25) is 0 Å².